The predicted octanol–water partition coefficient (Wildman–Crippen LogP) is 3.71. The van der Waals surface area contributed by atoms with Crippen molar-refractivity contribution >= 4 is 0 Å². The lowest BCUT2D eigenvalue weighted by Gasteiger charge is -2.17. The summed E-state index contributed by atoms with van der Waals surface area (Å²) in [6.07, 6.45) is 2.69. The zero-order valence-electron chi connectivity index (χ0n) is 11.6. The van der Waals surface area contributed by atoms with E-state index < -0.39 is 0 Å². The first-order valence-electron chi connectivity index (χ1n) is 6.39. The number of hydrogen-bond donors (Lipinski definition) is 1. The van der Waals surface area contributed by atoms with E-state index in [9.17, 15) is 0 Å². The molecule has 1 atom stereocenters. The van der Waals surface area contributed by atoms with Crippen LogP contribution in [0, 0.1) is 20.8 Å². The highest BCUT2D eigenvalue weighted by Crippen LogP contribution is 2.24. The summed E-state index contributed by atoms with van der Waals surface area (Å²) >= 11 is 0. The Balaban J connectivity index is 2.28. The molecule has 0 aliphatic rings. The molecule has 0 amide bonds. The van der Waals surface area contributed by atoms with Crippen LogP contribution in [-0.2, 0) is 6.42 Å². The Hall–Kier alpha value is -1.54. The number of rotatable bonds is 4. The van der Waals surface area contributed by atoms with Crippen LogP contribution in [0.3, 0.4) is 0 Å². The molecule has 0 aliphatic heterocycles. The first kappa shape index (κ1) is 12.9. The smallest absolute Gasteiger partial charge is 0.121 e. The van der Waals surface area contributed by atoms with Crippen molar-refractivity contribution in [3.05, 3.63) is 58.5 Å². The van der Waals surface area contributed by atoms with Crippen LogP contribution in [-0.4, -0.2) is 7.05 Å². The standard InChI is InChI=1S/C16H21NO/c1-11-8-12(2)14(13(3)9-11)10-15(17-4)16-6-5-7-18-16/h5-9,15,17H,10H2,1-4H3. The van der Waals surface area contributed by atoms with Gasteiger partial charge in [0.15, 0.2) is 0 Å². The molecule has 0 bridgehead atoms. The second-order valence-corrected chi connectivity index (χ2v) is 4.94. The van der Waals surface area contributed by atoms with E-state index in [0.29, 0.717) is 0 Å². The topological polar surface area (TPSA) is 25.2 Å². The molecule has 2 nitrogen and oxygen atoms in total. The van der Waals surface area contributed by atoms with Crippen LogP contribution in [0.25, 0.3) is 0 Å². The molecule has 0 fully saturated rings. The van der Waals surface area contributed by atoms with Gasteiger partial charge in [0.1, 0.15) is 5.76 Å². The highest BCUT2D eigenvalue weighted by atomic mass is 16.3. The maximum atomic E-state index is 5.50. The van der Waals surface area contributed by atoms with Crippen molar-refractivity contribution in [3.8, 4) is 0 Å². The van der Waals surface area contributed by atoms with E-state index >= 15 is 0 Å². The summed E-state index contributed by atoms with van der Waals surface area (Å²) in [6, 6.07) is 8.70. The predicted molar refractivity (Wildman–Crippen MR) is 74.9 cm³/mol. The largest absolute Gasteiger partial charge is 0.468 e. The van der Waals surface area contributed by atoms with Gasteiger partial charge in [0.25, 0.3) is 0 Å². The fourth-order valence-corrected chi connectivity index (χ4v) is 2.57. The molecule has 0 radical (unpaired) electrons. The Morgan fingerprint density at radius 1 is 1.17 bits per heavy atom. The van der Waals surface area contributed by atoms with Crippen LogP contribution < -0.4 is 5.32 Å². The molecule has 0 saturated heterocycles. The molecular weight excluding hydrogens is 222 g/mol. The summed E-state index contributed by atoms with van der Waals surface area (Å²) in [6.45, 7) is 6.51. The van der Waals surface area contributed by atoms with Gasteiger partial charge in [-0.25, -0.2) is 0 Å². The summed E-state index contributed by atoms with van der Waals surface area (Å²) in [5.74, 6) is 0.997. The van der Waals surface area contributed by atoms with E-state index in [-0.39, 0.29) is 6.04 Å². The Morgan fingerprint density at radius 3 is 2.33 bits per heavy atom. The van der Waals surface area contributed by atoms with Crippen molar-refractivity contribution in [3.63, 3.8) is 0 Å². The molecule has 1 N–H and O–H groups in total. The van der Waals surface area contributed by atoms with Crippen molar-refractivity contribution in [2.24, 2.45) is 0 Å². The minimum absolute atomic E-state index is 0.236. The van der Waals surface area contributed by atoms with Crippen LogP contribution >= 0.6 is 0 Å². The summed E-state index contributed by atoms with van der Waals surface area (Å²) in [7, 11) is 1.98. The molecule has 2 rings (SSSR count). The minimum Gasteiger partial charge on any atom is -0.468 e. The molecule has 2 aromatic rings. The van der Waals surface area contributed by atoms with Crippen molar-refractivity contribution in [1.29, 1.82) is 0 Å². The van der Waals surface area contributed by atoms with Crippen molar-refractivity contribution in [1.82, 2.24) is 5.32 Å². The highest BCUT2D eigenvalue weighted by Gasteiger charge is 2.15. The van der Waals surface area contributed by atoms with Gasteiger partial charge in [-0.1, -0.05) is 17.7 Å². The van der Waals surface area contributed by atoms with E-state index in [1.807, 2.05) is 19.2 Å². The van der Waals surface area contributed by atoms with Crippen LogP contribution in [0.15, 0.2) is 34.9 Å². The first-order chi connectivity index (χ1) is 8.61. The fraction of sp³-hybridized carbons (Fsp3) is 0.375. The third kappa shape index (κ3) is 2.65. The molecule has 0 aliphatic carbocycles. The van der Waals surface area contributed by atoms with Gasteiger partial charge < -0.3 is 9.73 Å². The number of hydrogen-bond acceptors (Lipinski definition) is 2. The lowest BCUT2D eigenvalue weighted by Crippen LogP contribution is -2.19. The summed E-state index contributed by atoms with van der Waals surface area (Å²) in [5, 5.41) is 3.33. The number of furan rings is 1. The normalized spacial score (nSPS) is 12.7. The fourth-order valence-electron chi connectivity index (χ4n) is 2.57. The summed E-state index contributed by atoms with van der Waals surface area (Å²) in [4.78, 5) is 0. The molecule has 96 valence electrons. The molecular formula is C16H21NO. The van der Waals surface area contributed by atoms with Gasteiger partial charge in [0.2, 0.25) is 0 Å². The highest BCUT2D eigenvalue weighted by molar-refractivity contribution is 5.38. The van der Waals surface area contributed by atoms with Gasteiger partial charge in [-0.2, -0.15) is 0 Å². The molecule has 0 saturated carbocycles. The van der Waals surface area contributed by atoms with Gasteiger partial charge in [-0.15, -0.1) is 0 Å². The number of aryl methyl sites for hydroxylation is 3. The molecule has 2 heteroatoms. The Bertz CT molecular complexity index is 491. The van der Waals surface area contributed by atoms with Crippen LogP contribution in [0.1, 0.15) is 34.1 Å². The maximum absolute atomic E-state index is 5.50. The number of benzene rings is 1. The summed E-state index contributed by atoms with van der Waals surface area (Å²) in [5.41, 5.74) is 5.46. The average Bonchev–Trinajstić information content (AvgIpc) is 2.81. The molecule has 1 heterocycles. The summed E-state index contributed by atoms with van der Waals surface area (Å²) < 4.78 is 5.50. The van der Waals surface area contributed by atoms with Gasteiger partial charge >= 0.3 is 0 Å². The van der Waals surface area contributed by atoms with Gasteiger partial charge in [-0.3, -0.25) is 0 Å². The Labute approximate surface area is 109 Å². The molecule has 1 aromatic carbocycles. The second kappa shape index (κ2) is 5.40. The van der Waals surface area contributed by atoms with Gasteiger partial charge in [0.05, 0.1) is 12.3 Å². The van der Waals surface area contributed by atoms with Crippen LogP contribution in [0.2, 0.25) is 0 Å². The van der Waals surface area contributed by atoms with E-state index in [2.05, 4.69) is 38.2 Å². The molecule has 0 spiro atoms. The molecule has 1 aromatic heterocycles. The molecule has 1 unspecified atom stereocenters. The average molecular weight is 243 g/mol. The third-order valence-electron chi connectivity index (χ3n) is 3.48. The maximum Gasteiger partial charge on any atom is 0.121 e. The van der Waals surface area contributed by atoms with Crippen molar-refractivity contribution in [2.75, 3.05) is 7.05 Å². The van der Waals surface area contributed by atoms with Crippen molar-refractivity contribution in [2.45, 2.75) is 33.2 Å². The lowest BCUT2D eigenvalue weighted by atomic mass is 9.94. The van der Waals surface area contributed by atoms with Gasteiger partial charge in [0, 0.05) is 0 Å². The first-order valence-corrected chi connectivity index (χ1v) is 6.39. The van der Waals surface area contributed by atoms with E-state index in [4.69, 9.17) is 4.42 Å². The number of nitrogens with one attached hydrogen (secondary N) is 1. The SMILES string of the molecule is CNC(Cc1c(C)cc(C)cc1C)c1ccco1. The Kier molecular flexibility index (Phi) is 3.87. The third-order valence-corrected chi connectivity index (χ3v) is 3.48. The zero-order valence-corrected chi connectivity index (χ0v) is 11.6. The van der Waals surface area contributed by atoms with E-state index in [0.717, 1.165) is 12.2 Å². The van der Waals surface area contributed by atoms with Crippen LogP contribution in [0.4, 0.5) is 0 Å². The lowest BCUT2D eigenvalue weighted by molar-refractivity contribution is 0.429. The van der Waals surface area contributed by atoms with Gasteiger partial charge in [-0.05, 0) is 63.1 Å². The minimum atomic E-state index is 0.236. The quantitative estimate of drug-likeness (QED) is 0.885. The van der Waals surface area contributed by atoms with E-state index in [1.54, 1.807) is 6.26 Å². The monoisotopic (exact) mass is 243 g/mol. The molecule has 18 heavy (non-hydrogen) atoms. The number of likely N-dealkylation sites (N-methyl/N-ethyl adjacent to an activating group) is 1. The second-order valence-electron chi connectivity index (χ2n) is 4.94. The van der Waals surface area contributed by atoms with Crippen LogP contribution in [0.5, 0.6) is 0 Å². The van der Waals surface area contributed by atoms with E-state index in [1.165, 1.54) is 22.3 Å². The van der Waals surface area contributed by atoms with Crippen molar-refractivity contribution < 1.29 is 4.42 Å². The Morgan fingerprint density at radius 2 is 1.83 bits per heavy atom. The zero-order chi connectivity index (χ0) is 13.1.